The highest BCUT2D eigenvalue weighted by molar-refractivity contribution is 7.22. The van der Waals surface area contributed by atoms with Crippen molar-refractivity contribution in [3.8, 4) is 11.5 Å². The van der Waals surface area contributed by atoms with Gasteiger partial charge in [0.1, 0.15) is 21.7 Å². The zero-order chi connectivity index (χ0) is 24.1. The average molecular weight is 482 g/mol. The third kappa shape index (κ3) is 4.99. The molecule has 176 valence electrons. The first-order valence-corrected chi connectivity index (χ1v) is 11.3. The van der Waals surface area contributed by atoms with Crippen molar-refractivity contribution in [2.24, 2.45) is 0 Å². The van der Waals surface area contributed by atoms with Gasteiger partial charge in [0.05, 0.1) is 31.9 Å². The standard InChI is InChI=1S/C23H23N5O5S/c1-32-18-8-9-19(33-2)22-21(18)25-23(34-22)27(12-3-11-26-13-10-24-15-26)20(29)14-16-4-6-17(7-5-16)28(30)31/h4-10,13,15H,3,11-12,14H2,1-2H3. The first-order valence-electron chi connectivity index (χ1n) is 10.5. The van der Waals surface area contributed by atoms with Crippen molar-refractivity contribution in [1.29, 1.82) is 0 Å². The van der Waals surface area contributed by atoms with Crippen LogP contribution in [-0.4, -0.2) is 46.1 Å². The number of imidazole rings is 1. The quantitative estimate of drug-likeness (QED) is 0.248. The summed E-state index contributed by atoms with van der Waals surface area (Å²) in [5.74, 6) is 1.09. The Bertz CT molecular complexity index is 1250. The third-order valence-electron chi connectivity index (χ3n) is 5.29. The fourth-order valence-electron chi connectivity index (χ4n) is 3.55. The van der Waals surface area contributed by atoms with Crippen LogP contribution in [0, 0.1) is 10.1 Å². The SMILES string of the molecule is COc1ccc(OC)c2sc(N(CCCn3ccnc3)C(=O)Cc3ccc([N+](=O)[O-])cc3)nc12. The van der Waals surface area contributed by atoms with Crippen molar-refractivity contribution in [2.75, 3.05) is 25.7 Å². The first kappa shape index (κ1) is 23.2. The molecule has 1 amide bonds. The number of aryl methyl sites for hydroxylation is 1. The summed E-state index contributed by atoms with van der Waals surface area (Å²) in [7, 11) is 3.16. The molecule has 0 bridgehead atoms. The predicted molar refractivity (Wildman–Crippen MR) is 129 cm³/mol. The number of amides is 1. The fraction of sp³-hybridized carbons (Fsp3) is 0.261. The number of rotatable bonds is 10. The van der Waals surface area contributed by atoms with Gasteiger partial charge in [-0.25, -0.2) is 9.97 Å². The average Bonchev–Trinajstić information content (AvgIpc) is 3.51. The number of nitro groups is 1. The summed E-state index contributed by atoms with van der Waals surface area (Å²) < 4.78 is 13.7. The molecule has 0 atom stereocenters. The number of methoxy groups -OCH3 is 2. The number of carbonyl (C=O) groups is 1. The Hall–Kier alpha value is -3.99. The lowest BCUT2D eigenvalue weighted by Crippen LogP contribution is -2.33. The van der Waals surface area contributed by atoms with Gasteiger partial charge in [-0.2, -0.15) is 0 Å². The number of hydrogen-bond donors (Lipinski definition) is 0. The lowest BCUT2D eigenvalue weighted by atomic mass is 10.1. The molecule has 0 aliphatic rings. The summed E-state index contributed by atoms with van der Waals surface area (Å²) in [5.41, 5.74) is 1.30. The number of non-ortho nitro benzene ring substituents is 1. The molecular weight excluding hydrogens is 458 g/mol. The monoisotopic (exact) mass is 481 g/mol. The Morgan fingerprint density at radius 1 is 1.15 bits per heavy atom. The van der Waals surface area contributed by atoms with E-state index in [-0.39, 0.29) is 18.0 Å². The second-order valence-corrected chi connectivity index (χ2v) is 8.42. The molecule has 0 fully saturated rings. The molecule has 0 unspecified atom stereocenters. The Labute approximate surface area is 199 Å². The maximum absolute atomic E-state index is 13.4. The molecule has 0 spiro atoms. The highest BCUT2D eigenvalue weighted by Crippen LogP contribution is 2.40. The van der Waals surface area contributed by atoms with Crippen LogP contribution in [0.1, 0.15) is 12.0 Å². The van der Waals surface area contributed by atoms with Gasteiger partial charge in [0, 0.05) is 37.6 Å². The maximum Gasteiger partial charge on any atom is 0.269 e. The second-order valence-electron chi connectivity index (χ2n) is 7.44. The van der Waals surface area contributed by atoms with E-state index in [2.05, 4.69) is 4.98 Å². The highest BCUT2D eigenvalue weighted by atomic mass is 32.1. The highest BCUT2D eigenvalue weighted by Gasteiger charge is 2.23. The van der Waals surface area contributed by atoms with Gasteiger partial charge in [-0.1, -0.05) is 23.5 Å². The van der Waals surface area contributed by atoms with E-state index in [0.29, 0.717) is 47.2 Å². The summed E-state index contributed by atoms with van der Waals surface area (Å²) in [6, 6.07) is 9.60. The van der Waals surface area contributed by atoms with Gasteiger partial charge in [-0.05, 0) is 24.1 Å². The van der Waals surface area contributed by atoms with Crippen molar-refractivity contribution in [3.05, 3.63) is 70.8 Å². The topological polar surface area (TPSA) is 113 Å². The van der Waals surface area contributed by atoms with Gasteiger partial charge >= 0.3 is 0 Å². The number of nitro benzene ring substituents is 1. The zero-order valence-corrected chi connectivity index (χ0v) is 19.5. The molecule has 2 heterocycles. The Balaban J connectivity index is 1.63. The molecule has 11 heteroatoms. The Morgan fingerprint density at radius 2 is 1.88 bits per heavy atom. The van der Waals surface area contributed by atoms with E-state index in [1.807, 2.05) is 16.8 Å². The van der Waals surface area contributed by atoms with E-state index in [9.17, 15) is 14.9 Å². The summed E-state index contributed by atoms with van der Waals surface area (Å²) >= 11 is 1.36. The molecule has 2 aromatic heterocycles. The van der Waals surface area contributed by atoms with Crippen LogP contribution in [0.15, 0.2) is 55.1 Å². The number of ether oxygens (including phenoxy) is 2. The van der Waals surface area contributed by atoms with Crippen molar-refractivity contribution in [3.63, 3.8) is 0 Å². The minimum atomic E-state index is -0.462. The van der Waals surface area contributed by atoms with Gasteiger partial charge < -0.3 is 14.0 Å². The minimum Gasteiger partial charge on any atom is -0.495 e. The molecule has 0 N–H and O–H groups in total. The van der Waals surface area contributed by atoms with Crippen LogP contribution in [0.2, 0.25) is 0 Å². The predicted octanol–water partition coefficient (Wildman–Crippen LogP) is 4.08. The molecule has 0 aliphatic carbocycles. The molecule has 4 aromatic rings. The summed E-state index contributed by atoms with van der Waals surface area (Å²) in [6.45, 7) is 1.13. The number of thiazole rings is 1. The van der Waals surface area contributed by atoms with Crippen LogP contribution in [0.3, 0.4) is 0 Å². The number of nitrogens with zero attached hydrogens (tertiary/aromatic N) is 5. The molecule has 0 saturated carbocycles. The molecule has 10 nitrogen and oxygen atoms in total. The molecule has 0 aliphatic heterocycles. The maximum atomic E-state index is 13.4. The van der Waals surface area contributed by atoms with Crippen molar-refractivity contribution in [2.45, 2.75) is 19.4 Å². The molecule has 2 aromatic carbocycles. The van der Waals surface area contributed by atoms with Crippen LogP contribution in [0.5, 0.6) is 11.5 Å². The largest absolute Gasteiger partial charge is 0.495 e. The summed E-state index contributed by atoms with van der Waals surface area (Å²) in [5, 5.41) is 11.5. The third-order valence-corrected chi connectivity index (χ3v) is 6.38. The summed E-state index contributed by atoms with van der Waals surface area (Å²) in [6.07, 6.45) is 6.09. The molecule has 0 saturated heterocycles. The fourth-order valence-corrected chi connectivity index (χ4v) is 4.67. The van der Waals surface area contributed by atoms with E-state index in [0.717, 1.165) is 4.70 Å². The van der Waals surface area contributed by atoms with Crippen molar-refractivity contribution < 1.29 is 19.2 Å². The number of hydrogen-bond acceptors (Lipinski definition) is 8. The summed E-state index contributed by atoms with van der Waals surface area (Å²) in [4.78, 5) is 34.3. The number of carbonyl (C=O) groups excluding carboxylic acids is 1. The van der Waals surface area contributed by atoms with Crippen LogP contribution in [-0.2, 0) is 17.8 Å². The molecule has 34 heavy (non-hydrogen) atoms. The van der Waals surface area contributed by atoms with Crippen LogP contribution < -0.4 is 14.4 Å². The lowest BCUT2D eigenvalue weighted by molar-refractivity contribution is -0.384. The van der Waals surface area contributed by atoms with E-state index in [4.69, 9.17) is 14.5 Å². The van der Waals surface area contributed by atoms with Crippen LogP contribution in [0.25, 0.3) is 10.2 Å². The van der Waals surface area contributed by atoms with Gasteiger partial charge in [-0.3, -0.25) is 19.8 Å². The van der Waals surface area contributed by atoms with Gasteiger partial charge in [0.15, 0.2) is 5.13 Å². The molecule has 0 radical (unpaired) electrons. The number of benzene rings is 2. The van der Waals surface area contributed by atoms with E-state index in [1.54, 1.807) is 49.8 Å². The van der Waals surface area contributed by atoms with E-state index < -0.39 is 4.92 Å². The van der Waals surface area contributed by atoms with Gasteiger partial charge in [0.25, 0.3) is 5.69 Å². The second kappa shape index (κ2) is 10.3. The van der Waals surface area contributed by atoms with Gasteiger partial charge in [-0.15, -0.1) is 0 Å². The number of fused-ring (bicyclic) bond motifs is 1. The normalized spacial score (nSPS) is 10.9. The van der Waals surface area contributed by atoms with Crippen molar-refractivity contribution in [1.82, 2.24) is 14.5 Å². The number of anilines is 1. The first-order chi connectivity index (χ1) is 16.5. The van der Waals surface area contributed by atoms with Crippen molar-refractivity contribution >= 4 is 38.3 Å². The zero-order valence-electron chi connectivity index (χ0n) is 18.7. The van der Waals surface area contributed by atoms with Crippen LogP contribution in [0.4, 0.5) is 10.8 Å². The smallest absolute Gasteiger partial charge is 0.269 e. The number of aromatic nitrogens is 3. The molecule has 4 rings (SSSR count). The van der Waals surface area contributed by atoms with Crippen LogP contribution >= 0.6 is 11.3 Å². The van der Waals surface area contributed by atoms with E-state index in [1.165, 1.54) is 23.5 Å². The van der Waals surface area contributed by atoms with Gasteiger partial charge in [0.2, 0.25) is 5.91 Å². The Kier molecular flexibility index (Phi) is 7.02. The van der Waals surface area contributed by atoms with E-state index >= 15 is 0 Å². The molecular formula is C23H23N5O5S. The lowest BCUT2D eigenvalue weighted by Gasteiger charge is -2.20. The minimum absolute atomic E-state index is 0.0150. The Morgan fingerprint density at radius 3 is 2.53 bits per heavy atom.